The smallest absolute Gasteiger partial charge is 0.257 e. The number of carbonyl (C=O) groups excluding carboxylic acids is 1. The Hall–Kier alpha value is -2.50. The van der Waals surface area contributed by atoms with E-state index in [2.05, 4.69) is 10.3 Å². The molecule has 98 valence electrons. The van der Waals surface area contributed by atoms with Crippen LogP contribution in [0.5, 0.6) is 0 Å². The fourth-order valence-electron chi connectivity index (χ4n) is 1.46. The van der Waals surface area contributed by atoms with Crippen molar-refractivity contribution in [2.45, 2.75) is 6.92 Å². The number of amides is 1. The van der Waals surface area contributed by atoms with E-state index in [1.165, 1.54) is 6.20 Å². The minimum atomic E-state index is -0.889. The molecule has 1 aromatic carbocycles. The van der Waals surface area contributed by atoms with E-state index in [0.29, 0.717) is 6.07 Å². The fraction of sp³-hybridized carbons (Fsp3) is 0.0769. The molecule has 1 amide bonds. The van der Waals surface area contributed by atoms with Gasteiger partial charge in [-0.25, -0.2) is 8.78 Å². The standard InChI is InChI=1S/C13H11F2N3O/c1-7-2-3-8(6-17-7)13(19)18-12-5-11(16)9(14)4-10(12)15/h2-6H,16H2,1H3,(H,18,19). The first-order valence-corrected chi connectivity index (χ1v) is 5.46. The van der Waals surface area contributed by atoms with E-state index in [1.807, 2.05) is 0 Å². The summed E-state index contributed by atoms with van der Waals surface area (Å²) in [6.45, 7) is 1.78. The first-order valence-electron chi connectivity index (χ1n) is 5.46. The predicted molar refractivity (Wildman–Crippen MR) is 67.7 cm³/mol. The Bertz CT molecular complexity index is 627. The normalized spacial score (nSPS) is 10.3. The number of pyridine rings is 1. The highest BCUT2D eigenvalue weighted by Crippen LogP contribution is 2.21. The van der Waals surface area contributed by atoms with E-state index in [4.69, 9.17) is 5.73 Å². The molecule has 0 saturated heterocycles. The molecule has 6 heteroatoms. The van der Waals surface area contributed by atoms with Crippen molar-refractivity contribution in [1.29, 1.82) is 0 Å². The summed E-state index contributed by atoms with van der Waals surface area (Å²) >= 11 is 0. The predicted octanol–water partition coefficient (Wildman–Crippen LogP) is 2.50. The number of rotatable bonds is 2. The molecule has 0 radical (unpaired) electrons. The molecular weight excluding hydrogens is 252 g/mol. The van der Waals surface area contributed by atoms with Crippen LogP contribution in [0.3, 0.4) is 0 Å². The van der Waals surface area contributed by atoms with Crippen LogP contribution in [0.2, 0.25) is 0 Å². The number of anilines is 2. The molecular formula is C13H11F2N3O. The molecule has 0 saturated carbocycles. The number of nitrogens with two attached hydrogens (primary N) is 1. The summed E-state index contributed by atoms with van der Waals surface area (Å²) in [6, 6.07) is 4.87. The van der Waals surface area contributed by atoms with Crippen LogP contribution in [0, 0.1) is 18.6 Å². The van der Waals surface area contributed by atoms with Crippen molar-refractivity contribution in [1.82, 2.24) is 4.98 Å². The molecule has 0 spiro atoms. The van der Waals surface area contributed by atoms with Gasteiger partial charge in [-0.1, -0.05) is 0 Å². The molecule has 2 aromatic rings. The van der Waals surface area contributed by atoms with E-state index < -0.39 is 17.5 Å². The van der Waals surface area contributed by atoms with Crippen molar-refractivity contribution in [3.63, 3.8) is 0 Å². The Morgan fingerprint density at radius 2 is 2.00 bits per heavy atom. The molecule has 1 heterocycles. The van der Waals surface area contributed by atoms with Crippen LogP contribution in [-0.4, -0.2) is 10.9 Å². The van der Waals surface area contributed by atoms with Crippen LogP contribution in [0.1, 0.15) is 16.1 Å². The lowest BCUT2D eigenvalue weighted by Gasteiger charge is -2.08. The van der Waals surface area contributed by atoms with Gasteiger partial charge in [-0.05, 0) is 25.1 Å². The van der Waals surface area contributed by atoms with E-state index in [0.717, 1.165) is 11.8 Å². The fourth-order valence-corrected chi connectivity index (χ4v) is 1.46. The number of hydrogen-bond acceptors (Lipinski definition) is 3. The highest BCUT2D eigenvalue weighted by Gasteiger charge is 2.12. The minimum Gasteiger partial charge on any atom is -0.396 e. The van der Waals surface area contributed by atoms with Gasteiger partial charge in [-0.2, -0.15) is 0 Å². The SMILES string of the molecule is Cc1ccc(C(=O)Nc2cc(N)c(F)cc2F)cn1. The number of aryl methyl sites for hydroxylation is 1. The Kier molecular flexibility index (Phi) is 3.41. The molecule has 0 aliphatic heterocycles. The summed E-state index contributed by atoms with van der Waals surface area (Å²) in [5, 5.41) is 2.31. The van der Waals surface area contributed by atoms with Gasteiger partial charge in [0.25, 0.3) is 5.91 Å². The Labute approximate surface area is 108 Å². The zero-order valence-electron chi connectivity index (χ0n) is 10.1. The second kappa shape index (κ2) is 5.01. The number of nitrogen functional groups attached to an aromatic ring is 1. The maximum atomic E-state index is 13.4. The van der Waals surface area contributed by atoms with E-state index >= 15 is 0 Å². The van der Waals surface area contributed by atoms with Crippen molar-refractivity contribution in [2.24, 2.45) is 0 Å². The maximum absolute atomic E-state index is 13.4. The number of halogens is 2. The molecule has 1 aromatic heterocycles. The van der Waals surface area contributed by atoms with Crippen molar-refractivity contribution < 1.29 is 13.6 Å². The monoisotopic (exact) mass is 263 g/mol. The third kappa shape index (κ3) is 2.85. The molecule has 4 nitrogen and oxygen atoms in total. The molecule has 19 heavy (non-hydrogen) atoms. The van der Waals surface area contributed by atoms with Gasteiger partial charge in [-0.3, -0.25) is 9.78 Å². The topological polar surface area (TPSA) is 68.0 Å². The highest BCUT2D eigenvalue weighted by molar-refractivity contribution is 6.04. The zero-order chi connectivity index (χ0) is 14.0. The molecule has 0 bridgehead atoms. The molecule has 0 aliphatic carbocycles. The van der Waals surface area contributed by atoms with Crippen LogP contribution >= 0.6 is 0 Å². The summed E-state index contributed by atoms with van der Waals surface area (Å²) < 4.78 is 26.4. The van der Waals surface area contributed by atoms with Gasteiger partial charge in [0.15, 0.2) is 0 Å². The van der Waals surface area contributed by atoms with Crippen LogP contribution in [0.25, 0.3) is 0 Å². The number of aromatic nitrogens is 1. The molecule has 3 N–H and O–H groups in total. The summed E-state index contributed by atoms with van der Waals surface area (Å²) in [5.41, 5.74) is 5.93. The number of benzene rings is 1. The minimum absolute atomic E-state index is 0.176. The van der Waals surface area contributed by atoms with Gasteiger partial charge in [0.2, 0.25) is 0 Å². The maximum Gasteiger partial charge on any atom is 0.257 e. The van der Waals surface area contributed by atoms with Crippen LogP contribution in [0.4, 0.5) is 20.2 Å². The molecule has 0 fully saturated rings. The van der Waals surface area contributed by atoms with Crippen LogP contribution in [0.15, 0.2) is 30.5 Å². The molecule has 0 unspecified atom stereocenters. The lowest BCUT2D eigenvalue weighted by molar-refractivity contribution is 0.102. The van der Waals surface area contributed by atoms with Crippen molar-refractivity contribution >= 4 is 17.3 Å². The van der Waals surface area contributed by atoms with Gasteiger partial charge in [0.1, 0.15) is 11.6 Å². The second-order valence-electron chi connectivity index (χ2n) is 4.00. The highest BCUT2D eigenvalue weighted by atomic mass is 19.1. The van der Waals surface area contributed by atoms with Gasteiger partial charge < -0.3 is 11.1 Å². The number of carbonyl (C=O) groups is 1. The van der Waals surface area contributed by atoms with Crippen molar-refractivity contribution in [3.05, 3.63) is 53.4 Å². The van der Waals surface area contributed by atoms with Gasteiger partial charge >= 0.3 is 0 Å². The summed E-state index contributed by atoms with van der Waals surface area (Å²) in [4.78, 5) is 15.8. The third-order valence-corrected chi connectivity index (χ3v) is 2.51. The molecule has 2 rings (SSSR count). The quantitative estimate of drug-likeness (QED) is 0.818. The van der Waals surface area contributed by atoms with Crippen molar-refractivity contribution in [3.8, 4) is 0 Å². The molecule has 0 aliphatic rings. The van der Waals surface area contributed by atoms with E-state index in [1.54, 1.807) is 19.1 Å². The van der Waals surface area contributed by atoms with Crippen LogP contribution < -0.4 is 11.1 Å². The average Bonchev–Trinajstić information content (AvgIpc) is 2.36. The van der Waals surface area contributed by atoms with Gasteiger partial charge in [0, 0.05) is 18.0 Å². The summed E-state index contributed by atoms with van der Waals surface area (Å²) in [7, 11) is 0. The summed E-state index contributed by atoms with van der Waals surface area (Å²) in [5.74, 6) is -2.30. The Morgan fingerprint density at radius 1 is 1.26 bits per heavy atom. The lowest BCUT2D eigenvalue weighted by Crippen LogP contribution is -2.14. The number of nitrogens with zero attached hydrogens (tertiary/aromatic N) is 1. The Morgan fingerprint density at radius 3 is 2.63 bits per heavy atom. The third-order valence-electron chi connectivity index (χ3n) is 2.51. The lowest BCUT2D eigenvalue weighted by atomic mass is 10.2. The van der Waals surface area contributed by atoms with Gasteiger partial charge in [-0.15, -0.1) is 0 Å². The average molecular weight is 263 g/mol. The Balaban J connectivity index is 2.24. The number of nitrogens with one attached hydrogen (secondary N) is 1. The van der Waals surface area contributed by atoms with Crippen LogP contribution in [-0.2, 0) is 0 Å². The van der Waals surface area contributed by atoms with E-state index in [9.17, 15) is 13.6 Å². The van der Waals surface area contributed by atoms with Crippen molar-refractivity contribution in [2.75, 3.05) is 11.1 Å². The summed E-state index contributed by atoms with van der Waals surface area (Å²) in [6.07, 6.45) is 1.37. The first-order chi connectivity index (χ1) is 8.97. The van der Waals surface area contributed by atoms with Gasteiger partial charge in [0.05, 0.1) is 16.9 Å². The van der Waals surface area contributed by atoms with E-state index in [-0.39, 0.29) is 16.9 Å². The largest absolute Gasteiger partial charge is 0.396 e. The zero-order valence-corrected chi connectivity index (χ0v) is 10.1. The molecule has 0 atom stereocenters. The number of hydrogen-bond donors (Lipinski definition) is 2. The first kappa shape index (κ1) is 12.9. The second-order valence-corrected chi connectivity index (χ2v) is 4.00.